The number of hydrogen-bond donors (Lipinski definition) is 3. The zero-order chi connectivity index (χ0) is 48.6. The Kier molecular flexibility index (Phi) is 55.5. The third-order valence-corrected chi connectivity index (χ3v) is 14.0. The van der Waals surface area contributed by atoms with Crippen molar-refractivity contribution in [1.82, 2.24) is 5.32 Å². The maximum Gasteiger partial charge on any atom is 0.305 e. The number of esters is 1. The van der Waals surface area contributed by atoms with Gasteiger partial charge >= 0.3 is 5.97 Å². The highest BCUT2D eigenvalue weighted by Gasteiger charge is 2.20. The van der Waals surface area contributed by atoms with Gasteiger partial charge in [-0.05, 0) is 57.8 Å². The van der Waals surface area contributed by atoms with Crippen molar-refractivity contribution in [2.45, 2.75) is 341 Å². The summed E-state index contributed by atoms with van der Waals surface area (Å²) in [6, 6.07) is -0.548. The van der Waals surface area contributed by atoms with E-state index in [9.17, 15) is 19.8 Å². The third kappa shape index (κ3) is 53.5. The lowest BCUT2D eigenvalue weighted by Crippen LogP contribution is -2.45. The van der Waals surface area contributed by atoms with Gasteiger partial charge in [-0.25, -0.2) is 0 Å². The maximum atomic E-state index is 12.5. The van der Waals surface area contributed by atoms with Crippen LogP contribution < -0.4 is 5.32 Å². The number of unbranched alkanes of at least 4 members (excludes halogenated alkanes) is 41. The first kappa shape index (κ1) is 65.3. The summed E-state index contributed by atoms with van der Waals surface area (Å²) in [5.74, 6) is -0.0475. The van der Waals surface area contributed by atoms with E-state index >= 15 is 0 Å². The lowest BCUT2D eigenvalue weighted by Gasteiger charge is -2.22. The van der Waals surface area contributed by atoms with E-state index in [0.717, 1.165) is 57.8 Å². The molecule has 396 valence electrons. The largest absolute Gasteiger partial charge is 0.466 e. The molecule has 0 saturated carbocycles. The lowest BCUT2D eigenvalue weighted by atomic mass is 10.0. The van der Waals surface area contributed by atoms with Crippen molar-refractivity contribution in [3.8, 4) is 0 Å². The fourth-order valence-corrected chi connectivity index (χ4v) is 9.38. The maximum absolute atomic E-state index is 12.5. The van der Waals surface area contributed by atoms with Crippen molar-refractivity contribution in [3.05, 3.63) is 24.3 Å². The van der Waals surface area contributed by atoms with E-state index in [1.54, 1.807) is 0 Å². The van der Waals surface area contributed by atoms with Crippen LogP contribution in [0.4, 0.5) is 0 Å². The second-order valence-corrected chi connectivity index (χ2v) is 20.7. The van der Waals surface area contributed by atoms with E-state index in [4.69, 9.17) is 4.74 Å². The van der Waals surface area contributed by atoms with Crippen LogP contribution in [0.2, 0.25) is 0 Å². The molecule has 0 aromatic rings. The quantitative estimate of drug-likeness (QED) is 0.0321. The number of amides is 1. The number of aliphatic hydroxyl groups excluding tert-OH is 2. The predicted molar refractivity (Wildman–Crippen MR) is 292 cm³/mol. The molecule has 0 aliphatic rings. The molecular weight excluding hydrogens is 827 g/mol. The van der Waals surface area contributed by atoms with Gasteiger partial charge in [-0.15, -0.1) is 0 Å². The summed E-state index contributed by atoms with van der Waals surface area (Å²) < 4.78 is 5.48. The molecule has 0 heterocycles. The monoisotopic (exact) mass is 944 g/mol. The van der Waals surface area contributed by atoms with E-state index in [0.29, 0.717) is 25.9 Å². The average molecular weight is 945 g/mol. The first-order valence-electron chi connectivity index (χ1n) is 30.1. The van der Waals surface area contributed by atoms with Gasteiger partial charge in [0.15, 0.2) is 0 Å². The highest BCUT2D eigenvalue weighted by atomic mass is 16.5. The minimum atomic E-state index is -0.671. The van der Waals surface area contributed by atoms with E-state index < -0.39 is 12.1 Å². The van der Waals surface area contributed by atoms with Gasteiger partial charge in [0.1, 0.15) is 0 Å². The Bertz CT molecular complexity index is 1040. The van der Waals surface area contributed by atoms with Gasteiger partial charge in [0, 0.05) is 12.8 Å². The van der Waals surface area contributed by atoms with Crippen molar-refractivity contribution < 1.29 is 24.5 Å². The summed E-state index contributed by atoms with van der Waals surface area (Å²) in [5, 5.41) is 23.3. The Morgan fingerprint density at radius 3 is 1.15 bits per heavy atom. The van der Waals surface area contributed by atoms with Crippen LogP contribution in [0.1, 0.15) is 328 Å². The molecule has 6 heteroatoms. The minimum Gasteiger partial charge on any atom is -0.466 e. The number of carbonyl (C=O) groups is 2. The number of carbonyl (C=O) groups excluding carboxylic acids is 2. The van der Waals surface area contributed by atoms with Crippen LogP contribution in [0.5, 0.6) is 0 Å². The average Bonchev–Trinajstić information content (AvgIpc) is 3.33. The number of nitrogens with one attached hydrogen (secondary N) is 1. The summed E-state index contributed by atoms with van der Waals surface area (Å²) in [6.07, 6.45) is 68.8. The smallest absolute Gasteiger partial charge is 0.305 e. The zero-order valence-electron chi connectivity index (χ0n) is 45.1. The lowest BCUT2D eigenvalue weighted by molar-refractivity contribution is -0.143. The first-order chi connectivity index (χ1) is 33.0. The summed E-state index contributed by atoms with van der Waals surface area (Å²) in [5.41, 5.74) is 0. The molecule has 0 aromatic carbocycles. The molecule has 0 bridgehead atoms. The topological polar surface area (TPSA) is 95.9 Å². The Morgan fingerprint density at radius 1 is 0.418 bits per heavy atom. The normalized spacial score (nSPS) is 12.7. The van der Waals surface area contributed by atoms with Crippen LogP contribution >= 0.6 is 0 Å². The van der Waals surface area contributed by atoms with Crippen LogP contribution in [0.25, 0.3) is 0 Å². The fourth-order valence-electron chi connectivity index (χ4n) is 9.38. The number of rotatable bonds is 56. The van der Waals surface area contributed by atoms with Crippen LogP contribution in [-0.2, 0) is 14.3 Å². The molecule has 2 unspecified atom stereocenters. The zero-order valence-corrected chi connectivity index (χ0v) is 45.1. The predicted octanol–water partition coefficient (Wildman–Crippen LogP) is 18.6. The standard InChI is InChI=1S/C61H117NO5/c1-3-5-7-9-11-13-15-17-19-21-23-27-31-35-39-43-47-51-55-61(66)67-56-52-48-44-40-36-32-28-24-26-30-34-38-42-46-50-54-60(65)62-58(57-63)59(64)53-49-45-41-37-33-29-25-22-20-18-16-14-12-10-8-6-4-2/h13,15,19,21,58-59,63-64H,3-12,14,16-18,20,22-57H2,1-2H3,(H,62,65)/b15-13-,21-19-. The Hall–Kier alpha value is -1.66. The molecule has 2 atom stereocenters. The van der Waals surface area contributed by atoms with Crippen molar-refractivity contribution in [2.24, 2.45) is 0 Å². The van der Waals surface area contributed by atoms with Crippen molar-refractivity contribution in [3.63, 3.8) is 0 Å². The molecule has 1 amide bonds. The van der Waals surface area contributed by atoms with E-state index in [1.165, 1.54) is 238 Å². The Morgan fingerprint density at radius 2 is 0.746 bits per heavy atom. The van der Waals surface area contributed by atoms with Gasteiger partial charge in [-0.3, -0.25) is 9.59 Å². The Labute approximate surface area is 418 Å². The number of hydrogen-bond acceptors (Lipinski definition) is 5. The molecule has 0 aliphatic heterocycles. The van der Waals surface area contributed by atoms with Crippen molar-refractivity contribution in [1.29, 1.82) is 0 Å². The van der Waals surface area contributed by atoms with E-state index in [1.807, 2.05) is 0 Å². The summed E-state index contributed by atoms with van der Waals surface area (Å²) in [4.78, 5) is 24.6. The molecule has 0 radical (unpaired) electrons. The van der Waals surface area contributed by atoms with Gasteiger partial charge in [-0.1, -0.05) is 282 Å². The van der Waals surface area contributed by atoms with E-state index in [-0.39, 0.29) is 18.5 Å². The van der Waals surface area contributed by atoms with Gasteiger partial charge in [-0.2, -0.15) is 0 Å². The molecule has 0 aliphatic carbocycles. The summed E-state index contributed by atoms with van der Waals surface area (Å²) in [7, 11) is 0. The SMILES string of the molecule is CCCCCC/C=C\C/C=C\CCCCCCCCCC(=O)OCCCCCCCCCCCCCCCCCC(=O)NC(CO)C(O)CCCCCCCCCCCCCCCCCCC. The molecule has 0 fully saturated rings. The Balaban J connectivity index is 3.42. The van der Waals surface area contributed by atoms with Crippen LogP contribution in [0.3, 0.4) is 0 Å². The van der Waals surface area contributed by atoms with Crippen LogP contribution in [0.15, 0.2) is 24.3 Å². The van der Waals surface area contributed by atoms with Crippen LogP contribution in [0, 0.1) is 0 Å². The van der Waals surface area contributed by atoms with Crippen molar-refractivity contribution >= 4 is 11.9 Å². The van der Waals surface area contributed by atoms with Crippen LogP contribution in [-0.4, -0.2) is 47.4 Å². The molecular formula is C61H117NO5. The number of allylic oxidation sites excluding steroid dienone is 4. The van der Waals surface area contributed by atoms with Gasteiger partial charge in [0.05, 0.1) is 25.4 Å². The van der Waals surface area contributed by atoms with E-state index in [2.05, 4.69) is 43.5 Å². The number of ether oxygens (including phenoxy) is 1. The highest BCUT2D eigenvalue weighted by Crippen LogP contribution is 2.18. The molecule has 0 saturated heterocycles. The summed E-state index contributed by atoms with van der Waals surface area (Å²) >= 11 is 0. The molecule has 67 heavy (non-hydrogen) atoms. The summed E-state index contributed by atoms with van der Waals surface area (Å²) in [6.45, 7) is 4.94. The third-order valence-electron chi connectivity index (χ3n) is 14.0. The molecule has 0 spiro atoms. The second-order valence-electron chi connectivity index (χ2n) is 20.7. The number of aliphatic hydroxyl groups is 2. The fraction of sp³-hybridized carbons (Fsp3) is 0.902. The minimum absolute atomic E-state index is 0.00601. The second kappa shape index (κ2) is 56.9. The molecule has 6 nitrogen and oxygen atoms in total. The van der Waals surface area contributed by atoms with Crippen molar-refractivity contribution in [2.75, 3.05) is 13.2 Å². The molecule has 3 N–H and O–H groups in total. The van der Waals surface area contributed by atoms with Gasteiger partial charge in [0.25, 0.3) is 0 Å². The first-order valence-corrected chi connectivity index (χ1v) is 30.1. The molecule has 0 rings (SSSR count). The highest BCUT2D eigenvalue weighted by molar-refractivity contribution is 5.76. The molecule has 0 aromatic heterocycles. The van der Waals surface area contributed by atoms with Gasteiger partial charge < -0.3 is 20.3 Å². The van der Waals surface area contributed by atoms with Gasteiger partial charge in [0.2, 0.25) is 5.91 Å².